The third kappa shape index (κ3) is 3.13. The standard InChI is InChI=1S/C10H13N3O4/c1-6(2)8(10(14)15)12-9-7(13(16)17)4-3-5-11-9/h3-6,8H,1-2H3,(H,11,12)(H,14,15)/t8-/m1/s1. The number of nitrogens with one attached hydrogen (secondary N) is 1. The monoisotopic (exact) mass is 239 g/mol. The molecule has 0 bridgehead atoms. The Hall–Kier alpha value is -2.18. The fourth-order valence-electron chi connectivity index (χ4n) is 1.32. The number of aliphatic carboxylic acids is 1. The SMILES string of the molecule is CC(C)[C@@H](Nc1ncccc1[N+](=O)[O-])C(=O)O. The lowest BCUT2D eigenvalue weighted by molar-refractivity contribution is -0.384. The minimum absolute atomic E-state index is 0.0291. The van der Waals surface area contributed by atoms with Crippen LogP contribution in [-0.4, -0.2) is 27.0 Å². The maximum Gasteiger partial charge on any atom is 0.326 e. The zero-order valence-corrected chi connectivity index (χ0v) is 9.45. The normalized spacial score (nSPS) is 12.2. The van der Waals surface area contributed by atoms with Gasteiger partial charge in [-0.05, 0) is 12.0 Å². The number of hydrogen-bond donors (Lipinski definition) is 2. The van der Waals surface area contributed by atoms with Crippen molar-refractivity contribution in [2.75, 3.05) is 5.32 Å². The van der Waals surface area contributed by atoms with Crippen molar-refractivity contribution in [3.63, 3.8) is 0 Å². The topological polar surface area (TPSA) is 105 Å². The molecule has 7 nitrogen and oxygen atoms in total. The Morgan fingerprint density at radius 2 is 2.24 bits per heavy atom. The molecule has 1 atom stereocenters. The van der Waals surface area contributed by atoms with Crippen LogP contribution in [0.5, 0.6) is 0 Å². The first-order chi connectivity index (χ1) is 7.93. The van der Waals surface area contributed by atoms with Crippen LogP contribution in [0, 0.1) is 16.0 Å². The molecule has 1 heterocycles. The molecule has 0 fully saturated rings. The van der Waals surface area contributed by atoms with Crippen molar-refractivity contribution in [1.29, 1.82) is 0 Å². The molecule has 0 radical (unpaired) electrons. The van der Waals surface area contributed by atoms with E-state index in [1.54, 1.807) is 13.8 Å². The maximum absolute atomic E-state index is 11.0. The number of anilines is 1. The molecule has 92 valence electrons. The van der Waals surface area contributed by atoms with Crippen LogP contribution < -0.4 is 5.32 Å². The van der Waals surface area contributed by atoms with E-state index >= 15 is 0 Å². The Labute approximate surface area is 97.6 Å². The highest BCUT2D eigenvalue weighted by atomic mass is 16.6. The predicted molar refractivity (Wildman–Crippen MR) is 60.8 cm³/mol. The number of nitro groups is 1. The summed E-state index contributed by atoms with van der Waals surface area (Å²) in [6.07, 6.45) is 1.37. The lowest BCUT2D eigenvalue weighted by Gasteiger charge is -2.18. The average Bonchev–Trinajstić information content (AvgIpc) is 2.25. The summed E-state index contributed by atoms with van der Waals surface area (Å²) in [5.41, 5.74) is -0.237. The van der Waals surface area contributed by atoms with Crippen molar-refractivity contribution in [3.8, 4) is 0 Å². The van der Waals surface area contributed by atoms with Gasteiger partial charge in [0, 0.05) is 12.3 Å². The van der Waals surface area contributed by atoms with E-state index in [-0.39, 0.29) is 17.4 Å². The number of nitrogens with zero attached hydrogens (tertiary/aromatic N) is 2. The van der Waals surface area contributed by atoms with E-state index < -0.39 is 16.9 Å². The molecule has 0 unspecified atom stereocenters. The molecule has 17 heavy (non-hydrogen) atoms. The van der Waals surface area contributed by atoms with Gasteiger partial charge in [0.1, 0.15) is 6.04 Å². The molecule has 0 spiro atoms. The average molecular weight is 239 g/mol. The molecule has 0 aliphatic heterocycles. The second-order valence-electron chi connectivity index (χ2n) is 3.83. The summed E-state index contributed by atoms with van der Waals surface area (Å²) in [6, 6.07) is 1.78. The lowest BCUT2D eigenvalue weighted by Crippen LogP contribution is -2.34. The van der Waals surface area contributed by atoms with E-state index in [2.05, 4.69) is 10.3 Å². The molecule has 7 heteroatoms. The number of pyridine rings is 1. The van der Waals surface area contributed by atoms with Crippen molar-refractivity contribution in [2.24, 2.45) is 5.92 Å². The van der Waals surface area contributed by atoms with Gasteiger partial charge in [0.2, 0.25) is 5.82 Å². The van der Waals surface area contributed by atoms with Crippen LogP contribution in [0.4, 0.5) is 11.5 Å². The van der Waals surface area contributed by atoms with Crippen molar-refractivity contribution in [2.45, 2.75) is 19.9 Å². The van der Waals surface area contributed by atoms with Gasteiger partial charge in [0.15, 0.2) is 0 Å². The number of rotatable bonds is 5. The Morgan fingerprint density at radius 1 is 1.59 bits per heavy atom. The Morgan fingerprint density at radius 3 is 2.71 bits per heavy atom. The highest BCUT2D eigenvalue weighted by Gasteiger charge is 2.25. The fraction of sp³-hybridized carbons (Fsp3) is 0.400. The second kappa shape index (κ2) is 5.24. The quantitative estimate of drug-likeness (QED) is 0.596. The second-order valence-corrected chi connectivity index (χ2v) is 3.83. The Bertz CT molecular complexity index is 433. The molecule has 2 N–H and O–H groups in total. The first kappa shape index (κ1) is 12.9. The van der Waals surface area contributed by atoms with Crippen molar-refractivity contribution in [3.05, 3.63) is 28.4 Å². The van der Waals surface area contributed by atoms with Gasteiger partial charge in [0.25, 0.3) is 0 Å². The predicted octanol–water partition coefficient (Wildman–Crippen LogP) is 1.51. The zero-order valence-electron chi connectivity index (χ0n) is 9.45. The van der Waals surface area contributed by atoms with E-state index in [1.165, 1.54) is 18.3 Å². The van der Waals surface area contributed by atoms with Crippen LogP contribution in [0.3, 0.4) is 0 Å². The minimum Gasteiger partial charge on any atom is -0.480 e. The lowest BCUT2D eigenvalue weighted by atomic mass is 10.0. The van der Waals surface area contributed by atoms with Gasteiger partial charge in [-0.25, -0.2) is 9.78 Å². The van der Waals surface area contributed by atoms with Crippen molar-refractivity contribution < 1.29 is 14.8 Å². The van der Waals surface area contributed by atoms with E-state index in [4.69, 9.17) is 5.11 Å². The van der Waals surface area contributed by atoms with Gasteiger partial charge >= 0.3 is 11.7 Å². The fourth-order valence-corrected chi connectivity index (χ4v) is 1.32. The smallest absolute Gasteiger partial charge is 0.326 e. The van der Waals surface area contributed by atoms with E-state index in [0.29, 0.717) is 0 Å². The molecule has 1 aromatic heterocycles. The highest BCUT2D eigenvalue weighted by Crippen LogP contribution is 2.22. The molecule has 1 rings (SSSR count). The Kier molecular flexibility index (Phi) is 3.97. The summed E-state index contributed by atoms with van der Waals surface area (Å²) in [7, 11) is 0. The van der Waals surface area contributed by atoms with Crippen LogP contribution in [0.1, 0.15) is 13.8 Å². The van der Waals surface area contributed by atoms with E-state index in [0.717, 1.165) is 0 Å². The summed E-state index contributed by atoms with van der Waals surface area (Å²) in [5.74, 6) is -1.31. The Balaban J connectivity index is 3.01. The summed E-state index contributed by atoms with van der Waals surface area (Å²) in [5, 5.41) is 22.3. The molecule has 0 saturated heterocycles. The third-order valence-corrected chi connectivity index (χ3v) is 2.21. The van der Waals surface area contributed by atoms with E-state index in [9.17, 15) is 14.9 Å². The molecular formula is C10H13N3O4. The van der Waals surface area contributed by atoms with Crippen LogP contribution in [0.15, 0.2) is 18.3 Å². The number of carboxylic acid groups (broad SMARTS) is 1. The molecule has 0 saturated carbocycles. The summed E-state index contributed by atoms with van der Waals surface area (Å²) in [6.45, 7) is 3.42. The van der Waals surface area contributed by atoms with Gasteiger partial charge in [-0.1, -0.05) is 13.8 Å². The molecule has 0 aliphatic carbocycles. The molecule has 0 aromatic carbocycles. The maximum atomic E-state index is 11.0. The summed E-state index contributed by atoms with van der Waals surface area (Å²) in [4.78, 5) is 24.9. The summed E-state index contributed by atoms with van der Waals surface area (Å²) < 4.78 is 0. The van der Waals surface area contributed by atoms with Gasteiger partial charge in [-0.3, -0.25) is 10.1 Å². The van der Waals surface area contributed by atoms with Gasteiger partial charge < -0.3 is 10.4 Å². The molecule has 0 amide bonds. The van der Waals surface area contributed by atoms with Gasteiger partial charge in [-0.15, -0.1) is 0 Å². The molecule has 0 aliphatic rings. The zero-order chi connectivity index (χ0) is 13.0. The van der Waals surface area contributed by atoms with Gasteiger partial charge in [-0.2, -0.15) is 0 Å². The number of aromatic nitrogens is 1. The number of hydrogen-bond acceptors (Lipinski definition) is 5. The van der Waals surface area contributed by atoms with Crippen LogP contribution >= 0.6 is 0 Å². The van der Waals surface area contributed by atoms with Crippen molar-refractivity contribution >= 4 is 17.5 Å². The highest BCUT2D eigenvalue weighted by molar-refractivity contribution is 5.78. The molecular weight excluding hydrogens is 226 g/mol. The summed E-state index contributed by atoms with van der Waals surface area (Å²) >= 11 is 0. The van der Waals surface area contributed by atoms with Crippen LogP contribution in [0.2, 0.25) is 0 Å². The minimum atomic E-state index is -1.07. The molecule has 1 aromatic rings. The number of carbonyl (C=O) groups is 1. The number of carboxylic acids is 1. The van der Waals surface area contributed by atoms with Crippen LogP contribution in [0.25, 0.3) is 0 Å². The first-order valence-corrected chi connectivity index (χ1v) is 5.02. The third-order valence-electron chi connectivity index (χ3n) is 2.21. The van der Waals surface area contributed by atoms with E-state index in [1.807, 2.05) is 0 Å². The largest absolute Gasteiger partial charge is 0.480 e. The first-order valence-electron chi connectivity index (χ1n) is 5.02. The van der Waals surface area contributed by atoms with Gasteiger partial charge in [0.05, 0.1) is 4.92 Å². The van der Waals surface area contributed by atoms with Crippen LogP contribution in [-0.2, 0) is 4.79 Å². The van der Waals surface area contributed by atoms with Crippen molar-refractivity contribution in [1.82, 2.24) is 4.98 Å².